The number of Topliss-reactive ketones (excluding diaryl/α,β-unsaturated/α-hetero) is 1. The summed E-state index contributed by atoms with van der Waals surface area (Å²) in [5, 5.41) is 27.7. The number of hydrogen-bond donors (Lipinski definition) is 4. The molecule has 4 N–H and O–H groups in total. The van der Waals surface area contributed by atoms with E-state index in [4.69, 9.17) is 9.47 Å². The van der Waals surface area contributed by atoms with E-state index in [0.717, 1.165) is 0 Å². The average Bonchev–Trinajstić information content (AvgIpc) is 3.44. The highest BCUT2D eigenvalue weighted by Gasteiger charge is 2.75. The minimum atomic E-state index is -2.10. The summed E-state index contributed by atoms with van der Waals surface area (Å²) < 4.78 is 27.8. The molecule has 258 valence electrons. The van der Waals surface area contributed by atoms with E-state index in [2.05, 4.69) is 10.6 Å². The number of ether oxygens (including phenoxy) is 2. The first-order valence-electron chi connectivity index (χ1n) is 16.1. The van der Waals surface area contributed by atoms with E-state index >= 15 is 4.39 Å². The van der Waals surface area contributed by atoms with E-state index in [0.29, 0.717) is 30.6 Å². The van der Waals surface area contributed by atoms with Crippen molar-refractivity contribution in [3.8, 4) is 0 Å². The molecule has 5 aliphatic rings. The molecule has 1 saturated heterocycles. The highest BCUT2D eigenvalue weighted by molar-refractivity contribution is 8.00. The van der Waals surface area contributed by atoms with Gasteiger partial charge < -0.3 is 25.0 Å². The largest absolute Gasteiger partial charge is 0.456 e. The van der Waals surface area contributed by atoms with Gasteiger partial charge >= 0.3 is 5.97 Å². The highest BCUT2D eigenvalue weighted by atomic mass is 32.2. The molecule has 1 aliphatic heterocycles. The van der Waals surface area contributed by atoms with Gasteiger partial charge in [0, 0.05) is 35.3 Å². The molecule has 0 aromatic carbocycles. The molecule has 5 rings (SSSR count). The van der Waals surface area contributed by atoms with Gasteiger partial charge in [-0.1, -0.05) is 25.5 Å². The Kier molecular flexibility index (Phi) is 9.91. The molecule has 3 amide bonds. The van der Waals surface area contributed by atoms with Crippen molar-refractivity contribution in [2.45, 2.75) is 81.9 Å². The molecule has 1 unspecified atom stereocenters. The quantitative estimate of drug-likeness (QED) is 0.132. The van der Waals surface area contributed by atoms with Crippen LogP contribution in [0, 0.1) is 28.6 Å². The Labute approximate surface area is 276 Å². The van der Waals surface area contributed by atoms with Crippen LogP contribution in [0.5, 0.6) is 0 Å². The van der Waals surface area contributed by atoms with Gasteiger partial charge in [0.05, 0.1) is 24.6 Å². The average molecular weight is 679 g/mol. The molecule has 0 bridgehead atoms. The van der Waals surface area contributed by atoms with Crippen LogP contribution in [-0.4, -0.2) is 100 Å². The molecule has 4 aliphatic carbocycles. The van der Waals surface area contributed by atoms with Gasteiger partial charge in [0.15, 0.2) is 18.1 Å². The second-order valence-corrected chi connectivity index (χ2v) is 15.2. The molecule has 0 spiro atoms. The fourth-order valence-electron chi connectivity index (χ4n) is 8.89. The second kappa shape index (κ2) is 13.2. The Morgan fingerprint density at radius 1 is 1.17 bits per heavy atom. The summed E-state index contributed by atoms with van der Waals surface area (Å²) in [6.45, 7) is 4.18. The maximum Gasteiger partial charge on any atom is 0.325 e. The standard InChI is InChI=1S/C33H43FN2O10S/c1-18-12-22-21-5-4-19-13-20(37)6-8-30(19,2)32(21,34)24(38)15-31(22,3)33(18,44)25(39)17-46-28(42)16-35-26(40)7-9-45-10-11-47-23-14-27(41)36-29(23)43/h6,8,13,18,21-24,38,44H,4-5,7,9-12,14-17H2,1-3H3,(H,35,40)(H,36,41,43)/t18-,21-,22-,23?,24-,30-,31-,32-,33-/m0/s1. The fraction of sp³-hybridized carbons (Fsp3) is 0.697. The zero-order valence-electron chi connectivity index (χ0n) is 26.8. The van der Waals surface area contributed by atoms with E-state index in [1.807, 2.05) is 0 Å². The smallest absolute Gasteiger partial charge is 0.325 e. The van der Waals surface area contributed by atoms with Crippen molar-refractivity contribution < 1.29 is 52.8 Å². The molecule has 0 radical (unpaired) electrons. The number of fused-ring (bicyclic) bond motifs is 5. The first kappa shape index (κ1) is 35.4. The predicted molar refractivity (Wildman–Crippen MR) is 166 cm³/mol. The highest BCUT2D eigenvalue weighted by Crippen LogP contribution is 2.70. The lowest BCUT2D eigenvalue weighted by atomic mass is 9.44. The monoisotopic (exact) mass is 678 g/mol. The fourth-order valence-corrected chi connectivity index (χ4v) is 9.87. The Balaban J connectivity index is 1.10. The van der Waals surface area contributed by atoms with Gasteiger partial charge in [-0.05, 0) is 56.6 Å². The van der Waals surface area contributed by atoms with Crippen LogP contribution in [0.4, 0.5) is 4.39 Å². The molecular weight excluding hydrogens is 635 g/mol. The first-order chi connectivity index (χ1) is 22.1. The third-order valence-electron chi connectivity index (χ3n) is 11.4. The van der Waals surface area contributed by atoms with Gasteiger partial charge in [-0.2, -0.15) is 0 Å². The SMILES string of the molecule is C[C@H]1C[C@H]2[C@@H]3CCC4=CC(=O)C=C[C@]4(C)[C@@]3(F)[C@@H](O)C[C@]2(C)[C@@]1(O)C(=O)COC(=O)CNC(=O)CCOCCSC1CC(=O)NC1=O. The second-order valence-electron chi connectivity index (χ2n) is 13.9. The van der Waals surface area contributed by atoms with Gasteiger partial charge in [-0.25, -0.2) is 4.39 Å². The Bertz CT molecular complexity index is 1420. The summed E-state index contributed by atoms with van der Waals surface area (Å²) >= 11 is 1.29. The molecule has 47 heavy (non-hydrogen) atoms. The molecule has 12 nitrogen and oxygen atoms in total. The van der Waals surface area contributed by atoms with E-state index in [1.54, 1.807) is 26.8 Å². The Morgan fingerprint density at radius 2 is 1.91 bits per heavy atom. The molecule has 0 aromatic rings. The van der Waals surface area contributed by atoms with Crippen molar-refractivity contribution in [2.75, 3.05) is 32.1 Å². The van der Waals surface area contributed by atoms with Crippen molar-refractivity contribution in [2.24, 2.45) is 28.6 Å². The maximum atomic E-state index is 17.3. The van der Waals surface area contributed by atoms with Gasteiger partial charge in [0.1, 0.15) is 12.1 Å². The topological polar surface area (TPSA) is 185 Å². The first-order valence-corrected chi connectivity index (χ1v) is 17.1. The molecule has 4 fully saturated rings. The summed E-state index contributed by atoms with van der Waals surface area (Å²) in [6, 6.07) is 0. The number of rotatable bonds is 12. The number of allylic oxidation sites excluding steroid dienone is 4. The van der Waals surface area contributed by atoms with Crippen molar-refractivity contribution in [1.82, 2.24) is 10.6 Å². The number of alkyl halides is 1. The van der Waals surface area contributed by atoms with Crippen LogP contribution >= 0.6 is 11.8 Å². The van der Waals surface area contributed by atoms with Crippen LogP contribution in [0.1, 0.15) is 59.3 Å². The van der Waals surface area contributed by atoms with Crippen LogP contribution in [0.3, 0.4) is 0 Å². The minimum absolute atomic E-state index is 0.0434. The van der Waals surface area contributed by atoms with E-state index in [-0.39, 0.29) is 50.1 Å². The van der Waals surface area contributed by atoms with Crippen LogP contribution in [0.25, 0.3) is 0 Å². The predicted octanol–water partition coefficient (Wildman–Crippen LogP) is 1.12. The number of carbonyl (C=O) groups is 6. The summed E-state index contributed by atoms with van der Waals surface area (Å²) in [4.78, 5) is 72.9. The van der Waals surface area contributed by atoms with Crippen molar-refractivity contribution in [1.29, 1.82) is 0 Å². The molecule has 14 heteroatoms. The number of esters is 1. The number of carbonyl (C=O) groups excluding carboxylic acids is 6. The molecule has 9 atom stereocenters. The van der Waals surface area contributed by atoms with Gasteiger partial charge in [-0.3, -0.25) is 34.1 Å². The lowest BCUT2D eigenvalue weighted by molar-refractivity contribution is -0.219. The number of aliphatic hydroxyl groups excluding tert-OH is 1. The van der Waals surface area contributed by atoms with Crippen LogP contribution in [0.15, 0.2) is 23.8 Å². The van der Waals surface area contributed by atoms with Crippen molar-refractivity contribution in [3.63, 3.8) is 0 Å². The van der Waals surface area contributed by atoms with Crippen molar-refractivity contribution in [3.05, 3.63) is 23.8 Å². The summed E-state index contributed by atoms with van der Waals surface area (Å²) in [6.07, 6.45) is 3.86. The number of amides is 3. The van der Waals surface area contributed by atoms with Crippen LogP contribution < -0.4 is 10.6 Å². The van der Waals surface area contributed by atoms with Crippen LogP contribution in [-0.2, 0) is 38.2 Å². The van der Waals surface area contributed by atoms with Gasteiger partial charge in [0.2, 0.25) is 23.5 Å². The third kappa shape index (κ3) is 5.99. The van der Waals surface area contributed by atoms with E-state index < -0.39 is 82.0 Å². The zero-order chi connectivity index (χ0) is 34.4. The Hall–Kier alpha value is -2.94. The van der Waals surface area contributed by atoms with Crippen LogP contribution in [0.2, 0.25) is 0 Å². The van der Waals surface area contributed by atoms with Crippen molar-refractivity contribution >= 4 is 47.0 Å². The van der Waals surface area contributed by atoms with Gasteiger partial charge in [-0.15, -0.1) is 11.8 Å². The zero-order valence-corrected chi connectivity index (χ0v) is 27.7. The number of halogens is 1. The lowest BCUT2D eigenvalue weighted by Gasteiger charge is -2.62. The maximum absolute atomic E-state index is 17.3. The normalized spacial score (nSPS) is 39.0. The number of nitrogens with one attached hydrogen (secondary N) is 2. The number of ketones is 2. The van der Waals surface area contributed by atoms with E-state index in [9.17, 15) is 39.0 Å². The molecular formula is C33H43FN2O10S. The Morgan fingerprint density at radius 3 is 2.62 bits per heavy atom. The minimum Gasteiger partial charge on any atom is -0.456 e. The number of hydrogen-bond acceptors (Lipinski definition) is 11. The van der Waals surface area contributed by atoms with Gasteiger partial charge in [0.25, 0.3) is 0 Å². The summed E-state index contributed by atoms with van der Waals surface area (Å²) in [5.74, 6) is -4.23. The van der Waals surface area contributed by atoms with E-state index in [1.165, 1.54) is 23.9 Å². The summed E-state index contributed by atoms with van der Waals surface area (Å²) in [5.41, 5.74) is -5.85. The number of thioether (sulfide) groups is 1. The third-order valence-corrected chi connectivity index (χ3v) is 12.6. The molecule has 0 aromatic heterocycles. The number of imide groups is 1. The molecule has 3 saturated carbocycles. The number of aliphatic hydroxyl groups is 2. The molecule has 1 heterocycles. The lowest BCUT2D eigenvalue weighted by Crippen LogP contribution is -2.69. The summed E-state index contributed by atoms with van der Waals surface area (Å²) in [7, 11) is 0.